The van der Waals surface area contributed by atoms with E-state index in [1.54, 1.807) is 47.8 Å². The SMILES string of the molecule is O=C(Cc1ccc(NS(=O)(=O)c2cccs2)cc1)NCCNc1ccc([N+](=O)[O-])cc1. The van der Waals surface area contributed by atoms with Gasteiger partial charge in [-0.25, -0.2) is 8.42 Å². The van der Waals surface area contributed by atoms with Gasteiger partial charge in [-0.2, -0.15) is 0 Å². The Morgan fingerprint density at radius 1 is 0.968 bits per heavy atom. The Morgan fingerprint density at radius 3 is 2.26 bits per heavy atom. The van der Waals surface area contributed by atoms with Gasteiger partial charge in [-0.1, -0.05) is 18.2 Å². The van der Waals surface area contributed by atoms with Gasteiger partial charge < -0.3 is 10.6 Å². The topological polar surface area (TPSA) is 130 Å². The van der Waals surface area contributed by atoms with Gasteiger partial charge in [0, 0.05) is 36.6 Å². The highest BCUT2D eigenvalue weighted by Crippen LogP contribution is 2.20. The molecule has 9 nitrogen and oxygen atoms in total. The zero-order chi connectivity index (χ0) is 22.3. The summed E-state index contributed by atoms with van der Waals surface area (Å²) in [4.78, 5) is 22.3. The predicted molar refractivity (Wildman–Crippen MR) is 120 cm³/mol. The van der Waals surface area contributed by atoms with Gasteiger partial charge >= 0.3 is 0 Å². The van der Waals surface area contributed by atoms with E-state index < -0.39 is 14.9 Å². The second-order valence-corrected chi connectivity index (χ2v) is 9.35. The molecule has 162 valence electrons. The molecule has 0 aliphatic rings. The van der Waals surface area contributed by atoms with Gasteiger partial charge in [-0.15, -0.1) is 11.3 Å². The third-order valence-electron chi connectivity index (χ3n) is 4.19. The number of nitrogens with one attached hydrogen (secondary N) is 3. The first-order valence-corrected chi connectivity index (χ1v) is 11.6. The molecule has 31 heavy (non-hydrogen) atoms. The van der Waals surface area contributed by atoms with Crippen LogP contribution in [-0.4, -0.2) is 32.3 Å². The van der Waals surface area contributed by atoms with Crippen molar-refractivity contribution in [2.24, 2.45) is 0 Å². The molecular weight excluding hydrogens is 440 g/mol. The molecule has 0 fully saturated rings. The third kappa shape index (κ3) is 6.52. The fraction of sp³-hybridized carbons (Fsp3) is 0.150. The van der Waals surface area contributed by atoms with Crippen LogP contribution in [0.15, 0.2) is 70.3 Å². The van der Waals surface area contributed by atoms with Crippen LogP contribution in [0.1, 0.15) is 5.56 Å². The molecule has 0 unspecified atom stereocenters. The Balaban J connectivity index is 1.41. The van der Waals surface area contributed by atoms with E-state index in [1.165, 1.54) is 18.2 Å². The number of non-ortho nitro benzene ring substituents is 1. The van der Waals surface area contributed by atoms with Gasteiger partial charge in [0.1, 0.15) is 4.21 Å². The number of sulfonamides is 1. The molecule has 0 radical (unpaired) electrons. The Bertz CT molecular complexity index is 1130. The number of nitro benzene ring substituents is 1. The lowest BCUT2D eigenvalue weighted by Gasteiger charge is -2.09. The molecule has 1 heterocycles. The molecule has 3 rings (SSSR count). The number of hydrogen-bond donors (Lipinski definition) is 3. The molecule has 0 bridgehead atoms. The van der Waals surface area contributed by atoms with Crippen LogP contribution in [0.25, 0.3) is 0 Å². The van der Waals surface area contributed by atoms with Crippen LogP contribution < -0.4 is 15.4 Å². The fourth-order valence-electron chi connectivity index (χ4n) is 2.67. The van der Waals surface area contributed by atoms with Crippen molar-refractivity contribution in [1.82, 2.24) is 5.32 Å². The summed E-state index contributed by atoms with van der Waals surface area (Å²) >= 11 is 1.13. The second-order valence-electron chi connectivity index (χ2n) is 6.49. The lowest BCUT2D eigenvalue weighted by Crippen LogP contribution is -2.30. The van der Waals surface area contributed by atoms with E-state index >= 15 is 0 Å². The summed E-state index contributed by atoms with van der Waals surface area (Å²) < 4.78 is 27.2. The highest BCUT2D eigenvalue weighted by atomic mass is 32.2. The van der Waals surface area contributed by atoms with Crippen LogP contribution >= 0.6 is 11.3 Å². The number of thiophene rings is 1. The van der Waals surface area contributed by atoms with Crippen LogP contribution in [0.3, 0.4) is 0 Å². The molecule has 3 aromatic rings. The summed E-state index contributed by atoms with van der Waals surface area (Å²) in [5, 5.41) is 18.2. The van der Waals surface area contributed by atoms with Gasteiger partial charge in [0.2, 0.25) is 5.91 Å². The Morgan fingerprint density at radius 2 is 1.65 bits per heavy atom. The number of amides is 1. The van der Waals surface area contributed by atoms with Crippen LogP contribution in [0.2, 0.25) is 0 Å². The maximum Gasteiger partial charge on any atom is 0.271 e. The maximum absolute atomic E-state index is 12.2. The molecule has 1 amide bonds. The molecular formula is C20H20N4O5S2. The van der Waals surface area contributed by atoms with Crippen LogP contribution in [-0.2, 0) is 21.2 Å². The molecule has 0 spiro atoms. The van der Waals surface area contributed by atoms with Crippen molar-refractivity contribution in [2.75, 3.05) is 23.1 Å². The van der Waals surface area contributed by atoms with E-state index in [2.05, 4.69) is 15.4 Å². The smallest absolute Gasteiger partial charge is 0.271 e. The summed E-state index contributed by atoms with van der Waals surface area (Å²) in [6, 6.07) is 15.8. The van der Waals surface area contributed by atoms with E-state index in [0.717, 1.165) is 22.6 Å². The molecule has 0 saturated heterocycles. The van der Waals surface area contributed by atoms with Crippen molar-refractivity contribution in [3.63, 3.8) is 0 Å². The van der Waals surface area contributed by atoms with Gasteiger partial charge in [-0.05, 0) is 41.3 Å². The van der Waals surface area contributed by atoms with Crippen molar-refractivity contribution < 1.29 is 18.1 Å². The molecule has 1 aromatic heterocycles. The summed E-state index contributed by atoms with van der Waals surface area (Å²) in [6.45, 7) is 0.849. The first-order chi connectivity index (χ1) is 14.8. The zero-order valence-corrected chi connectivity index (χ0v) is 17.9. The number of anilines is 2. The van der Waals surface area contributed by atoms with Crippen LogP contribution in [0.5, 0.6) is 0 Å². The average Bonchev–Trinajstić information content (AvgIpc) is 3.29. The zero-order valence-electron chi connectivity index (χ0n) is 16.3. The normalized spacial score (nSPS) is 11.0. The van der Waals surface area contributed by atoms with E-state index in [0.29, 0.717) is 18.8 Å². The molecule has 3 N–H and O–H groups in total. The molecule has 11 heteroatoms. The minimum atomic E-state index is -3.60. The third-order valence-corrected chi connectivity index (χ3v) is 6.96. The van der Waals surface area contributed by atoms with Gasteiger partial charge in [-0.3, -0.25) is 19.6 Å². The predicted octanol–water partition coefficient (Wildman–Crippen LogP) is 3.23. The number of nitrogens with zero attached hydrogens (tertiary/aromatic N) is 1. The summed E-state index contributed by atoms with van der Waals surface area (Å²) in [7, 11) is -3.60. The lowest BCUT2D eigenvalue weighted by atomic mass is 10.1. The van der Waals surface area contributed by atoms with E-state index in [1.807, 2.05) is 0 Å². The average molecular weight is 461 g/mol. The van der Waals surface area contributed by atoms with E-state index in [9.17, 15) is 23.3 Å². The maximum atomic E-state index is 12.2. The highest BCUT2D eigenvalue weighted by molar-refractivity contribution is 7.94. The summed E-state index contributed by atoms with van der Waals surface area (Å²) in [5.74, 6) is -0.169. The summed E-state index contributed by atoms with van der Waals surface area (Å²) in [5.41, 5.74) is 1.91. The van der Waals surface area contributed by atoms with Crippen LogP contribution in [0, 0.1) is 10.1 Å². The molecule has 0 aliphatic heterocycles. The molecule has 0 atom stereocenters. The number of benzene rings is 2. The number of carbonyl (C=O) groups excluding carboxylic acids is 1. The monoisotopic (exact) mass is 460 g/mol. The highest BCUT2D eigenvalue weighted by Gasteiger charge is 2.15. The van der Waals surface area contributed by atoms with Crippen molar-refractivity contribution in [3.05, 3.63) is 81.7 Å². The molecule has 0 aliphatic carbocycles. The minimum Gasteiger partial charge on any atom is -0.383 e. The largest absolute Gasteiger partial charge is 0.383 e. The van der Waals surface area contributed by atoms with Crippen molar-refractivity contribution in [2.45, 2.75) is 10.6 Å². The molecule has 2 aromatic carbocycles. The fourth-order valence-corrected chi connectivity index (χ4v) is 4.72. The number of carbonyl (C=O) groups is 1. The molecule has 0 saturated carbocycles. The first kappa shape index (κ1) is 22.2. The van der Waals surface area contributed by atoms with Gasteiger partial charge in [0.15, 0.2) is 0 Å². The Hall–Kier alpha value is -3.44. The minimum absolute atomic E-state index is 0.0178. The first-order valence-electron chi connectivity index (χ1n) is 9.24. The standard InChI is InChI=1S/C20H20N4O5S2/c25-19(22-12-11-21-16-7-9-18(10-8-16)24(26)27)14-15-3-5-17(6-4-15)23-31(28,29)20-2-1-13-30-20/h1-10,13,21,23H,11-12,14H2,(H,22,25). The second kappa shape index (κ2) is 10.0. The number of rotatable bonds is 10. The number of hydrogen-bond acceptors (Lipinski definition) is 7. The Labute approximate surface area is 183 Å². The lowest BCUT2D eigenvalue weighted by molar-refractivity contribution is -0.384. The van der Waals surface area contributed by atoms with Crippen molar-refractivity contribution >= 4 is 44.3 Å². The number of nitro groups is 1. The Kier molecular flexibility index (Phi) is 7.21. The van der Waals surface area contributed by atoms with E-state index in [4.69, 9.17) is 0 Å². The van der Waals surface area contributed by atoms with Gasteiger partial charge in [0.25, 0.3) is 15.7 Å². The van der Waals surface area contributed by atoms with Gasteiger partial charge in [0.05, 0.1) is 11.3 Å². The van der Waals surface area contributed by atoms with E-state index in [-0.39, 0.29) is 22.2 Å². The quantitative estimate of drug-likeness (QED) is 0.242. The van der Waals surface area contributed by atoms with Crippen molar-refractivity contribution in [1.29, 1.82) is 0 Å². The van der Waals surface area contributed by atoms with Crippen molar-refractivity contribution in [3.8, 4) is 0 Å². The summed E-state index contributed by atoms with van der Waals surface area (Å²) in [6.07, 6.45) is 0.162. The van der Waals surface area contributed by atoms with Crippen LogP contribution in [0.4, 0.5) is 17.1 Å².